The summed E-state index contributed by atoms with van der Waals surface area (Å²) in [4.78, 5) is 36.0. The summed E-state index contributed by atoms with van der Waals surface area (Å²) in [6.45, 7) is 2.41. The van der Waals surface area contributed by atoms with E-state index in [2.05, 4.69) is 5.32 Å². The molecule has 132 valence electrons. The summed E-state index contributed by atoms with van der Waals surface area (Å²) in [5.74, 6) is -1.44. The molecule has 0 saturated heterocycles. The number of carbonyl (C=O) groups is 3. The van der Waals surface area contributed by atoms with Crippen molar-refractivity contribution in [1.29, 1.82) is 0 Å². The number of carbonyl (C=O) groups excluding carboxylic acids is 2. The van der Waals surface area contributed by atoms with Crippen LogP contribution in [0.3, 0.4) is 0 Å². The third kappa shape index (κ3) is 7.97. The molecule has 24 heavy (non-hydrogen) atoms. The Morgan fingerprint density at radius 2 is 1.83 bits per heavy atom. The fraction of sp³-hybridized carbons (Fsp3) is 0.471. The maximum Gasteiger partial charge on any atom is 0.323 e. The normalized spacial score (nSPS) is 10.2. The van der Waals surface area contributed by atoms with E-state index in [0.717, 1.165) is 12.0 Å². The second-order valence-electron chi connectivity index (χ2n) is 5.47. The quantitative estimate of drug-likeness (QED) is 0.675. The lowest BCUT2D eigenvalue weighted by Gasteiger charge is -2.21. The third-order valence-corrected chi connectivity index (χ3v) is 3.58. The van der Waals surface area contributed by atoms with Gasteiger partial charge in [-0.1, -0.05) is 30.7 Å². The van der Waals surface area contributed by atoms with Gasteiger partial charge in [0.15, 0.2) is 0 Å². The molecule has 0 unspecified atom stereocenters. The van der Waals surface area contributed by atoms with Crippen molar-refractivity contribution >= 4 is 29.4 Å². The zero-order chi connectivity index (χ0) is 17.9. The van der Waals surface area contributed by atoms with Crippen LogP contribution in [0.15, 0.2) is 24.3 Å². The Hall–Kier alpha value is -2.08. The minimum absolute atomic E-state index is 0.0906. The van der Waals surface area contributed by atoms with Gasteiger partial charge in [-0.25, -0.2) is 0 Å². The SMILES string of the molecule is CCCNC(=O)CCCC(=O)N(CC(=O)O)Cc1ccc(Cl)cc1. The molecule has 0 fully saturated rings. The van der Waals surface area contributed by atoms with E-state index in [1.165, 1.54) is 4.90 Å². The monoisotopic (exact) mass is 354 g/mol. The molecular formula is C17H23ClN2O4. The highest BCUT2D eigenvalue weighted by Crippen LogP contribution is 2.12. The number of benzene rings is 1. The van der Waals surface area contributed by atoms with Gasteiger partial charge < -0.3 is 15.3 Å². The zero-order valence-electron chi connectivity index (χ0n) is 13.8. The fourth-order valence-corrected chi connectivity index (χ4v) is 2.24. The Bertz CT molecular complexity index is 560. The maximum atomic E-state index is 12.3. The van der Waals surface area contributed by atoms with Crippen LogP contribution in [0.25, 0.3) is 0 Å². The molecule has 1 aromatic carbocycles. The lowest BCUT2D eigenvalue weighted by atomic mass is 10.1. The minimum atomic E-state index is -1.07. The van der Waals surface area contributed by atoms with Gasteiger partial charge in [-0.2, -0.15) is 0 Å². The number of amides is 2. The minimum Gasteiger partial charge on any atom is -0.480 e. The summed E-state index contributed by atoms with van der Waals surface area (Å²) >= 11 is 5.82. The fourth-order valence-electron chi connectivity index (χ4n) is 2.12. The molecule has 0 radical (unpaired) electrons. The molecule has 6 nitrogen and oxygen atoms in total. The van der Waals surface area contributed by atoms with Crippen LogP contribution in [0.1, 0.15) is 38.2 Å². The molecule has 0 spiro atoms. The first kappa shape index (κ1) is 20.0. The van der Waals surface area contributed by atoms with Crippen molar-refractivity contribution in [3.05, 3.63) is 34.9 Å². The van der Waals surface area contributed by atoms with Gasteiger partial charge in [-0.3, -0.25) is 14.4 Å². The van der Waals surface area contributed by atoms with Crippen LogP contribution in [0.4, 0.5) is 0 Å². The molecule has 2 amide bonds. The van der Waals surface area contributed by atoms with E-state index in [9.17, 15) is 14.4 Å². The van der Waals surface area contributed by atoms with Crippen LogP contribution in [0.2, 0.25) is 5.02 Å². The number of aliphatic carboxylic acids is 1. The Kier molecular flexibility index (Phi) is 8.86. The highest BCUT2D eigenvalue weighted by atomic mass is 35.5. The van der Waals surface area contributed by atoms with Crippen LogP contribution in [-0.2, 0) is 20.9 Å². The van der Waals surface area contributed by atoms with Crippen molar-refractivity contribution in [1.82, 2.24) is 10.2 Å². The standard InChI is InChI=1S/C17H23ClN2O4/c1-2-10-19-15(21)4-3-5-16(22)20(12-17(23)24)11-13-6-8-14(18)9-7-13/h6-9H,2-5,10-12H2,1H3,(H,19,21)(H,23,24). The molecule has 0 atom stereocenters. The Balaban J connectivity index is 2.53. The first-order chi connectivity index (χ1) is 11.4. The Morgan fingerprint density at radius 3 is 2.42 bits per heavy atom. The molecular weight excluding hydrogens is 332 g/mol. The van der Waals surface area contributed by atoms with Crippen molar-refractivity contribution < 1.29 is 19.5 Å². The van der Waals surface area contributed by atoms with E-state index < -0.39 is 5.97 Å². The number of halogens is 1. The second kappa shape index (κ2) is 10.6. The largest absolute Gasteiger partial charge is 0.480 e. The van der Waals surface area contributed by atoms with Crippen LogP contribution in [0, 0.1) is 0 Å². The summed E-state index contributed by atoms with van der Waals surface area (Å²) in [6, 6.07) is 6.89. The van der Waals surface area contributed by atoms with Crippen LogP contribution in [0.5, 0.6) is 0 Å². The van der Waals surface area contributed by atoms with Gasteiger partial charge in [0.2, 0.25) is 11.8 Å². The molecule has 0 heterocycles. The van der Waals surface area contributed by atoms with Crippen LogP contribution in [-0.4, -0.2) is 40.9 Å². The smallest absolute Gasteiger partial charge is 0.323 e. The molecule has 0 aromatic heterocycles. The number of nitrogens with one attached hydrogen (secondary N) is 1. The van der Waals surface area contributed by atoms with E-state index >= 15 is 0 Å². The van der Waals surface area contributed by atoms with Crippen molar-refractivity contribution in [3.8, 4) is 0 Å². The maximum absolute atomic E-state index is 12.3. The van der Waals surface area contributed by atoms with E-state index in [4.69, 9.17) is 16.7 Å². The van der Waals surface area contributed by atoms with E-state index in [0.29, 0.717) is 18.0 Å². The number of carboxylic acid groups (broad SMARTS) is 1. The predicted octanol–water partition coefficient (Wildman–Crippen LogP) is 2.45. The Morgan fingerprint density at radius 1 is 1.17 bits per heavy atom. The summed E-state index contributed by atoms with van der Waals surface area (Å²) in [7, 11) is 0. The average molecular weight is 355 g/mol. The van der Waals surface area contributed by atoms with Gasteiger partial charge in [0.05, 0.1) is 0 Å². The molecule has 1 rings (SSSR count). The first-order valence-electron chi connectivity index (χ1n) is 7.93. The van der Waals surface area contributed by atoms with Gasteiger partial charge in [-0.15, -0.1) is 0 Å². The van der Waals surface area contributed by atoms with Crippen LogP contribution >= 0.6 is 11.6 Å². The third-order valence-electron chi connectivity index (χ3n) is 3.33. The Labute approximate surface area is 146 Å². The summed E-state index contributed by atoms with van der Waals surface area (Å²) in [5.41, 5.74) is 0.801. The van der Waals surface area contributed by atoms with Crippen molar-refractivity contribution in [3.63, 3.8) is 0 Å². The topological polar surface area (TPSA) is 86.7 Å². The summed E-state index contributed by atoms with van der Waals surface area (Å²) in [6.07, 6.45) is 1.65. The molecule has 7 heteroatoms. The summed E-state index contributed by atoms with van der Waals surface area (Å²) < 4.78 is 0. The summed E-state index contributed by atoms with van der Waals surface area (Å²) in [5, 5.41) is 12.3. The number of nitrogens with zero attached hydrogens (tertiary/aromatic N) is 1. The lowest BCUT2D eigenvalue weighted by Crippen LogP contribution is -2.35. The predicted molar refractivity (Wildman–Crippen MR) is 91.7 cm³/mol. The lowest BCUT2D eigenvalue weighted by molar-refractivity contribution is -0.145. The number of hydrogen-bond acceptors (Lipinski definition) is 3. The molecule has 2 N–H and O–H groups in total. The average Bonchev–Trinajstić information content (AvgIpc) is 2.53. The van der Waals surface area contributed by atoms with E-state index in [-0.39, 0.29) is 37.7 Å². The van der Waals surface area contributed by atoms with Crippen LogP contribution < -0.4 is 5.32 Å². The highest BCUT2D eigenvalue weighted by molar-refractivity contribution is 6.30. The first-order valence-corrected chi connectivity index (χ1v) is 8.31. The molecule has 0 aliphatic rings. The molecule has 0 aliphatic heterocycles. The number of hydrogen-bond donors (Lipinski definition) is 2. The molecule has 0 aliphatic carbocycles. The van der Waals surface area contributed by atoms with Crippen molar-refractivity contribution in [2.75, 3.05) is 13.1 Å². The van der Waals surface area contributed by atoms with Gasteiger partial charge in [0.25, 0.3) is 0 Å². The molecule has 1 aromatic rings. The van der Waals surface area contributed by atoms with E-state index in [1.54, 1.807) is 24.3 Å². The van der Waals surface area contributed by atoms with Gasteiger partial charge in [0.1, 0.15) is 6.54 Å². The second-order valence-corrected chi connectivity index (χ2v) is 5.91. The van der Waals surface area contributed by atoms with Crippen molar-refractivity contribution in [2.45, 2.75) is 39.2 Å². The molecule has 0 saturated carbocycles. The van der Waals surface area contributed by atoms with Gasteiger partial charge in [0, 0.05) is 31.0 Å². The molecule has 0 bridgehead atoms. The zero-order valence-corrected chi connectivity index (χ0v) is 14.5. The highest BCUT2D eigenvalue weighted by Gasteiger charge is 2.17. The van der Waals surface area contributed by atoms with Gasteiger partial charge in [-0.05, 0) is 30.5 Å². The van der Waals surface area contributed by atoms with E-state index in [1.807, 2.05) is 6.92 Å². The number of rotatable bonds is 10. The van der Waals surface area contributed by atoms with Gasteiger partial charge >= 0.3 is 5.97 Å². The van der Waals surface area contributed by atoms with Crippen molar-refractivity contribution in [2.24, 2.45) is 0 Å². The number of carboxylic acids is 1.